The second kappa shape index (κ2) is 6.42. The maximum absolute atomic E-state index is 12.3. The minimum Gasteiger partial charge on any atom is -0.455 e. The summed E-state index contributed by atoms with van der Waals surface area (Å²) >= 11 is 5.86. The van der Waals surface area contributed by atoms with Gasteiger partial charge in [0.25, 0.3) is 5.91 Å². The van der Waals surface area contributed by atoms with Gasteiger partial charge < -0.3 is 10.1 Å². The first-order valence-corrected chi connectivity index (χ1v) is 7.76. The van der Waals surface area contributed by atoms with Gasteiger partial charge in [0.05, 0.1) is 5.41 Å². The summed E-state index contributed by atoms with van der Waals surface area (Å²) in [6, 6.07) is 16.3. The van der Waals surface area contributed by atoms with E-state index in [1.807, 2.05) is 30.3 Å². The Hall–Kier alpha value is -2.33. The van der Waals surface area contributed by atoms with Crippen LogP contribution in [0, 0.1) is 0 Å². The Balaban J connectivity index is 1.56. The standard InChI is InChI=1S/C18H16ClNO3/c19-14-7-4-8-15(11-14)20-16(21)12-23-17(22)18(9-10-18)13-5-2-1-3-6-13/h1-8,11H,9-10,12H2,(H,20,21). The molecule has 4 nitrogen and oxygen atoms in total. The molecular weight excluding hydrogens is 314 g/mol. The zero-order valence-corrected chi connectivity index (χ0v) is 13.2. The first-order chi connectivity index (χ1) is 11.1. The van der Waals surface area contributed by atoms with Crippen molar-refractivity contribution in [1.29, 1.82) is 0 Å². The molecule has 118 valence electrons. The summed E-state index contributed by atoms with van der Waals surface area (Å²) in [4.78, 5) is 24.2. The van der Waals surface area contributed by atoms with Crippen LogP contribution in [-0.2, 0) is 19.7 Å². The zero-order chi connectivity index (χ0) is 16.3. The van der Waals surface area contributed by atoms with Crippen LogP contribution in [0.2, 0.25) is 5.02 Å². The average Bonchev–Trinajstić information content (AvgIpc) is 3.35. The highest BCUT2D eigenvalue weighted by molar-refractivity contribution is 6.30. The van der Waals surface area contributed by atoms with Crippen molar-refractivity contribution in [2.24, 2.45) is 0 Å². The van der Waals surface area contributed by atoms with E-state index in [4.69, 9.17) is 16.3 Å². The Bertz CT molecular complexity index is 726. The van der Waals surface area contributed by atoms with Crippen LogP contribution < -0.4 is 5.32 Å². The lowest BCUT2D eigenvalue weighted by molar-refractivity contribution is -0.150. The predicted octanol–water partition coefficient (Wildman–Crippen LogP) is 3.55. The Morgan fingerprint density at radius 2 is 1.83 bits per heavy atom. The van der Waals surface area contributed by atoms with Crippen LogP contribution in [0.5, 0.6) is 0 Å². The molecule has 0 bridgehead atoms. The van der Waals surface area contributed by atoms with Gasteiger partial charge in [0.15, 0.2) is 6.61 Å². The smallest absolute Gasteiger partial charge is 0.317 e. The maximum atomic E-state index is 12.3. The summed E-state index contributed by atoms with van der Waals surface area (Å²) in [5, 5.41) is 3.18. The van der Waals surface area contributed by atoms with Gasteiger partial charge in [-0.25, -0.2) is 0 Å². The van der Waals surface area contributed by atoms with Gasteiger partial charge in [0.2, 0.25) is 0 Å². The number of carbonyl (C=O) groups excluding carboxylic acids is 2. The largest absolute Gasteiger partial charge is 0.455 e. The van der Waals surface area contributed by atoms with Crippen molar-refractivity contribution in [3.63, 3.8) is 0 Å². The highest BCUT2D eigenvalue weighted by Gasteiger charge is 2.52. The Morgan fingerprint density at radius 3 is 2.48 bits per heavy atom. The number of esters is 1. The molecule has 3 rings (SSSR count). The lowest BCUT2D eigenvalue weighted by atomic mass is 9.96. The summed E-state index contributed by atoms with van der Waals surface area (Å²) in [5.41, 5.74) is 0.945. The summed E-state index contributed by atoms with van der Waals surface area (Å²) in [7, 11) is 0. The van der Waals surface area contributed by atoms with E-state index in [0.29, 0.717) is 10.7 Å². The second-order valence-corrected chi connectivity index (χ2v) is 6.02. The molecule has 0 unspecified atom stereocenters. The summed E-state index contributed by atoms with van der Waals surface area (Å²) in [6.45, 7) is -0.306. The molecule has 1 fully saturated rings. The van der Waals surface area contributed by atoms with Gasteiger partial charge in [-0.15, -0.1) is 0 Å². The van der Waals surface area contributed by atoms with Crippen LogP contribution in [0.25, 0.3) is 0 Å². The first-order valence-electron chi connectivity index (χ1n) is 7.38. The third-order valence-electron chi connectivity index (χ3n) is 3.91. The molecule has 0 saturated heterocycles. The van der Waals surface area contributed by atoms with Crippen molar-refractivity contribution in [1.82, 2.24) is 0 Å². The maximum Gasteiger partial charge on any atom is 0.317 e. The lowest BCUT2D eigenvalue weighted by Crippen LogP contribution is -2.28. The number of benzene rings is 2. The van der Waals surface area contributed by atoms with E-state index in [1.54, 1.807) is 24.3 Å². The highest BCUT2D eigenvalue weighted by atomic mass is 35.5. The van der Waals surface area contributed by atoms with Crippen molar-refractivity contribution in [2.75, 3.05) is 11.9 Å². The number of carbonyl (C=O) groups is 2. The summed E-state index contributed by atoms with van der Waals surface area (Å²) in [6.07, 6.45) is 1.51. The highest BCUT2D eigenvalue weighted by Crippen LogP contribution is 2.49. The van der Waals surface area contributed by atoms with E-state index in [-0.39, 0.29) is 18.5 Å². The summed E-state index contributed by atoms with van der Waals surface area (Å²) in [5.74, 6) is -0.727. The molecule has 0 heterocycles. The normalized spacial score (nSPS) is 14.8. The number of halogens is 1. The molecule has 1 N–H and O–H groups in total. The van der Waals surface area contributed by atoms with Gasteiger partial charge in [0.1, 0.15) is 0 Å². The monoisotopic (exact) mass is 329 g/mol. The fourth-order valence-corrected chi connectivity index (χ4v) is 2.72. The van der Waals surface area contributed by atoms with Gasteiger partial charge in [-0.05, 0) is 36.6 Å². The molecule has 1 aliphatic carbocycles. The Morgan fingerprint density at radius 1 is 1.09 bits per heavy atom. The number of rotatable bonds is 5. The van der Waals surface area contributed by atoms with Gasteiger partial charge in [-0.2, -0.15) is 0 Å². The van der Waals surface area contributed by atoms with Crippen molar-refractivity contribution < 1.29 is 14.3 Å². The molecule has 1 saturated carbocycles. The Labute approximate surface area is 139 Å². The number of hydrogen-bond donors (Lipinski definition) is 1. The van der Waals surface area contributed by atoms with Crippen LogP contribution in [0.15, 0.2) is 54.6 Å². The van der Waals surface area contributed by atoms with Crippen LogP contribution in [0.4, 0.5) is 5.69 Å². The number of hydrogen-bond acceptors (Lipinski definition) is 3. The molecule has 1 amide bonds. The van der Waals surface area contributed by atoms with E-state index >= 15 is 0 Å². The van der Waals surface area contributed by atoms with Gasteiger partial charge in [-0.1, -0.05) is 48.0 Å². The topological polar surface area (TPSA) is 55.4 Å². The number of amides is 1. The van der Waals surface area contributed by atoms with Crippen molar-refractivity contribution in [3.05, 3.63) is 65.2 Å². The number of ether oxygens (including phenoxy) is 1. The molecule has 0 aromatic heterocycles. The first kappa shape index (κ1) is 15.6. The van der Waals surface area contributed by atoms with E-state index in [1.165, 1.54) is 0 Å². The van der Waals surface area contributed by atoms with Gasteiger partial charge in [0, 0.05) is 10.7 Å². The molecule has 23 heavy (non-hydrogen) atoms. The van der Waals surface area contributed by atoms with Crippen molar-refractivity contribution in [3.8, 4) is 0 Å². The van der Waals surface area contributed by atoms with Crippen molar-refractivity contribution >= 4 is 29.2 Å². The van der Waals surface area contributed by atoms with E-state index < -0.39 is 5.41 Å². The van der Waals surface area contributed by atoms with Crippen molar-refractivity contribution in [2.45, 2.75) is 18.3 Å². The van der Waals surface area contributed by atoms with Gasteiger partial charge >= 0.3 is 5.97 Å². The number of anilines is 1. The van der Waals surface area contributed by atoms with E-state index in [9.17, 15) is 9.59 Å². The molecule has 0 spiro atoms. The molecular formula is C18H16ClNO3. The SMILES string of the molecule is O=C(COC(=O)C1(c2ccccc2)CC1)Nc1cccc(Cl)c1. The van der Waals surface area contributed by atoms with Crippen LogP contribution in [-0.4, -0.2) is 18.5 Å². The summed E-state index contributed by atoms with van der Waals surface area (Å²) < 4.78 is 5.20. The molecule has 0 atom stereocenters. The molecule has 0 radical (unpaired) electrons. The minimum atomic E-state index is -0.572. The molecule has 1 aliphatic rings. The van der Waals surface area contributed by atoms with E-state index in [2.05, 4.69) is 5.32 Å². The fourth-order valence-electron chi connectivity index (χ4n) is 2.53. The van der Waals surface area contributed by atoms with Crippen LogP contribution >= 0.6 is 11.6 Å². The molecule has 2 aromatic rings. The quantitative estimate of drug-likeness (QED) is 0.853. The van der Waals surface area contributed by atoms with E-state index in [0.717, 1.165) is 18.4 Å². The zero-order valence-electron chi connectivity index (χ0n) is 12.4. The van der Waals surface area contributed by atoms with Crippen LogP contribution in [0.3, 0.4) is 0 Å². The molecule has 0 aliphatic heterocycles. The molecule has 5 heteroatoms. The second-order valence-electron chi connectivity index (χ2n) is 5.58. The Kier molecular flexibility index (Phi) is 4.35. The minimum absolute atomic E-state index is 0.306. The lowest BCUT2D eigenvalue weighted by Gasteiger charge is -2.14. The third-order valence-corrected chi connectivity index (χ3v) is 4.14. The fraction of sp³-hybridized carbons (Fsp3) is 0.222. The molecule has 2 aromatic carbocycles. The average molecular weight is 330 g/mol. The predicted molar refractivity (Wildman–Crippen MR) is 88.4 cm³/mol. The number of nitrogens with one attached hydrogen (secondary N) is 1. The van der Waals surface area contributed by atoms with Crippen LogP contribution in [0.1, 0.15) is 18.4 Å². The third kappa shape index (κ3) is 3.54. The van der Waals surface area contributed by atoms with Gasteiger partial charge in [-0.3, -0.25) is 9.59 Å².